The Balaban J connectivity index is 4.32. The smallest absolute Gasteiger partial charge is 0.315 e. The molecule has 0 aromatic heterocycles. The van der Waals surface area contributed by atoms with Gasteiger partial charge in [0.15, 0.2) is 0 Å². The van der Waals surface area contributed by atoms with E-state index in [0.717, 1.165) is 6.42 Å². The maximum Gasteiger partial charge on any atom is 0.315 e. The number of urea groups is 1. The lowest BCUT2D eigenvalue weighted by Gasteiger charge is -2.23. The highest BCUT2D eigenvalue weighted by atomic mass is 16.4. The van der Waals surface area contributed by atoms with Crippen molar-refractivity contribution >= 4 is 12.0 Å². The van der Waals surface area contributed by atoms with Crippen LogP contribution >= 0.6 is 0 Å². The molecule has 5 nitrogen and oxygen atoms in total. The van der Waals surface area contributed by atoms with Crippen LogP contribution in [0.3, 0.4) is 0 Å². The quantitative estimate of drug-likeness (QED) is 0.626. The van der Waals surface area contributed by atoms with Crippen LogP contribution in [0.25, 0.3) is 0 Å². The molecule has 20 heavy (non-hydrogen) atoms. The van der Waals surface area contributed by atoms with Crippen LogP contribution < -0.4 is 10.6 Å². The average Bonchev–Trinajstić information content (AvgIpc) is 2.32. The predicted molar refractivity (Wildman–Crippen MR) is 79.3 cm³/mol. The van der Waals surface area contributed by atoms with E-state index in [0.29, 0.717) is 12.8 Å². The first kappa shape index (κ1) is 18.3. The van der Waals surface area contributed by atoms with Gasteiger partial charge in [0.05, 0.1) is 12.0 Å². The molecule has 2 atom stereocenters. The summed E-state index contributed by atoms with van der Waals surface area (Å²) in [6, 6.07) is -0.729. The van der Waals surface area contributed by atoms with Crippen LogP contribution in [-0.2, 0) is 4.79 Å². The molecule has 0 saturated heterocycles. The summed E-state index contributed by atoms with van der Waals surface area (Å²) >= 11 is 0. The van der Waals surface area contributed by atoms with Crippen molar-refractivity contribution in [2.45, 2.75) is 53.0 Å². The van der Waals surface area contributed by atoms with Crippen LogP contribution in [0.15, 0.2) is 0 Å². The van der Waals surface area contributed by atoms with Gasteiger partial charge in [-0.1, -0.05) is 40.0 Å². The number of hydrogen-bond donors (Lipinski definition) is 3. The second-order valence-corrected chi connectivity index (χ2v) is 6.16. The standard InChI is InChI=1S/C15H26N2O3/c1-6-8-12(7-2)17-14(20)16-10-11(13(18)19)9-15(3,4)5/h2,11-12H,6,8-10H2,1,3-5H3,(H,18,19)(H2,16,17,20). The highest BCUT2D eigenvalue weighted by molar-refractivity contribution is 5.76. The number of nitrogens with one attached hydrogen (secondary N) is 2. The van der Waals surface area contributed by atoms with Gasteiger partial charge in [0.1, 0.15) is 0 Å². The van der Waals surface area contributed by atoms with E-state index < -0.39 is 17.9 Å². The minimum Gasteiger partial charge on any atom is -0.481 e. The predicted octanol–water partition coefficient (Wildman–Crippen LogP) is 2.22. The molecule has 114 valence electrons. The molecule has 0 aliphatic rings. The largest absolute Gasteiger partial charge is 0.481 e. The summed E-state index contributed by atoms with van der Waals surface area (Å²) in [7, 11) is 0. The van der Waals surface area contributed by atoms with Crippen LogP contribution in [-0.4, -0.2) is 29.7 Å². The molecule has 2 unspecified atom stereocenters. The molecule has 0 heterocycles. The lowest BCUT2D eigenvalue weighted by atomic mass is 9.84. The highest BCUT2D eigenvalue weighted by Gasteiger charge is 2.25. The summed E-state index contributed by atoms with van der Waals surface area (Å²) in [6.07, 6.45) is 7.38. The molecule has 0 bridgehead atoms. The van der Waals surface area contributed by atoms with Gasteiger partial charge in [0.25, 0.3) is 0 Å². The van der Waals surface area contributed by atoms with Crippen molar-refractivity contribution < 1.29 is 14.7 Å². The third-order valence-corrected chi connectivity index (χ3v) is 2.80. The Kier molecular flexibility index (Phi) is 7.75. The molecule has 3 N–H and O–H groups in total. The number of amides is 2. The lowest BCUT2D eigenvalue weighted by Crippen LogP contribution is -2.44. The zero-order valence-electron chi connectivity index (χ0n) is 12.8. The zero-order valence-corrected chi connectivity index (χ0v) is 12.8. The number of hydrogen-bond acceptors (Lipinski definition) is 2. The molecule has 0 spiro atoms. The molecular weight excluding hydrogens is 256 g/mol. The van der Waals surface area contributed by atoms with Gasteiger partial charge in [-0.25, -0.2) is 4.79 Å². The van der Waals surface area contributed by atoms with Gasteiger partial charge in [-0.3, -0.25) is 4.79 Å². The Morgan fingerprint density at radius 3 is 2.35 bits per heavy atom. The highest BCUT2D eigenvalue weighted by Crippen LogP contribution is 2.24. The van der Waals surface area contributed by atoms with Crippen molar-refractivity contribution in [3.05, 3.63) is 0 Å². The van der Waals surface area contributed by atoms with Gasteiger partial charge in [-0.15, -0.1) is 6.42 Å². The molecular formula is C15H26N2O3. The molecule has 0 aliphatic heterocycles. The second kappa shape index (κ2) is 8.47. The van der Waals surface area contributed by atoms with Crippen molar-refractivity contribution in [1.82, 2.24) is 10.6 Å². The Bertz CT molecular complexity index is 366. The molecule has 0 saturated carbocycles. The fourth-order valence-corrected chi connectivity index (χ4v) is 1.90. The SMILES string of the molecule is C#CC(CCC)NC(=O)NCC(CC(C)(C)C)C(=O)O. The number of carbonyl (C=O) groups is 2. The fraction of sp³-hybridized carbons (Fsp3) is 0.733. The Labute approximate surface area is 121 Å². The Hall–Kier alpha value is -1.70. The number of carboxylic acid groups (broad SMARTS) is 1. The summed E-state index contributed by atoms with van der Waals surface area (Å²) in [6.45, 7) is 7.99. The first-order chi connectivity index (χ1) is 9.19. The van der Waals surface area contributed by atoms with Crippen molar-refractivity contribution in [1.29, 1.82) is 0 Å². The Morgan fingerprint density at radius 1 is 1.35 bits per heavy atom. The number of terminal acetylenes is 1. The summed E-state index contributed by atoms with van der Waals surface area (Å²) in [5.74, 6) is 0.993. The molecule has 0 rings (SSSR count). The van der Waals surface area contributed by atoms with E-state index >= 15 is 0 Å². The van der Waals surface area contributed by atoms with E-state index in [2.05, 4.69) is 16.6 Å². The minimum atomic E-state index is -0.901. The Morgan fingerprint density at radius 2 is 1.95 bits per heavy atom. The van der Waals surface area contributed by atoms with Gasteiger partial charge in [-0.05, 0) is 18.3 Å². The maximum atomic E-state index is 11.7. The number of rotatable bonds is 7. The molecule has 5 heteroatoms. The van der Waals surface area contributed by atoms with Gasteiger partial charge in [-0.2, -0.15) is 0 Å². The molecule has 0 fully saturated rings. The first-order valence-electron chi connectivity index (χ1n) is 6.93. The van der Waals surface area contributed by atoms with E-state index in [4.69, 9.17) is 11.5 Å². The topological polar surface area (TPSA) is 78.4 Å². The van der Waals surface area contributed by atoms with Crippen molar-refractivity contribution in [3.63, 3.8) is 0 Å². The van der Waals surface area contributed by atoms with Gasteiger partial charge in [0, 0.05) is 6.54 Å². The third-order valence-electron chi connectivity index (χ3n) is 2.80. The van der Waals surface area contributed by atoms with E-state index in [9.17, 15) is 9.59 Å². The summed E-state index contributed by atoms with van der Waals surface area (Å²) in [4.78, 5) is 22.8. The van der Waals surface area contributed by atoms with E-state index in [1.54, 1.807) is 0 Å². The number of carbonyl (C=O) groups excluding carboxylic acids is 1. The lowest BCUT2D eigenvalue weighted by molar-refractivity contribution is -0.142. The van der Waals surface area contributed by atoms with Crippen molar-refractivity contribution in [2.24, 2.45) is 11.3 Å². The van der Waals surface area contributed by atoms with E-state index in [-0.39, 0.29) is 18.0 Å². The average molecular weight is 282 g/mol. The molecule has 0 aliphatic carbocycles. The van der Waals surface area contributed by atoms with Crippen LogP contribution in [0.5, 0.6) is 0 Å². The molecule has 0 aromatic rings. The maximum absolute atomic E-state index is 11.7. The van der Waals surface area contributed by atoms with Crippen molar-refractivity contribution in [2.75, 3.05) is 6.54 Å². The molecule has 2 amide bonds. The molecule has 0 aromatic carbocycles. The fourth-order valence-electron chi connectivity index (χ4n) is 1.90. The van der Waals surface area contributed by atoms with Crippen LogP contribution in [0.1, 0.15) is 47.0 Å². The van der Waals surface area contributed by atoms with Gasteiger partial charge >= 0.3 is 12.0 Å². The van der Waals surface area contributed by atoms with Crippen LogP contribution in [0.4, 0.5) is 4.79 Å². The summed E-state index contributed by atoms with van der Waals surface area (Å²) in [5, 5.41) is 14.4. The second-order valence-electron chi connectivity index (χ2n) is 6.16. The minimum absolute atomic E-state index is 0.0991. The summed E-state index contributed by atoms with van der Waals surface area (Å²) in [5.41, 5.74) is -0.106. The van der Waals surface area contributed by atoms with Crippen LogP contribution in [0, 0.1) is 23.7 Å². The summed E-state index contributed by atoms with van der Waals surface area (Å²) < 4.78 is 0. The third kappa shape index (κ3) is 8.41. The first-order valence-corrected chi connectivity index (χ1v) is 6.93. The van der Waals surface area contributed by atoms with E-state index in [1.165, 1.54) is 0 Å². The monoisotopic (exact) mass is 282 g/mol. The zero-order chi connectivity index (χ0) is 15.8. The normalized spacial score (nSPS) is 13.9. The number of carboxylic acids is 1. The number of aliphatic carboxylic acids is 1. The van der Waals surface area contributed by atoms with Crippen molar-refractivity contribution in [3.8, 4) is 12.3 Å². The van der Waals surface area contributed by atoms with E-state index in [1.807, 2.05) is 27.7 Å². The van der Waals surface area contributed by atoms with Gasteiger partial charge in [0.2, 0.25) is 0 Å². The van der Waals surface area contributed by atoms with Gasteiger partial charge < -0.3 is 15.7 Å². The molecule has 0 radical (unpaired) electrons. The van der Waals surface area contributed by atoms with Crippen LogP contribution in [0.2, 0.25) is 0 Å².